The first-order chi connectivity index (χ1) is 11.0. The number of halogens is 2. The molecule has 1 aliphatic rings. The van der Waals surface area contributed by atoms with E-state index in [9.17, 15) is 14.0 Å². The summed E-state index contributed by atoms with van der Waals surface area (Å²) in [6.45, 7) is -0.964. The van der Waals surface area contributed by atoms with Crippen molar-refractivity contribution >= 4 is 35.0 Å². The van der Waals surface area contributed by atoms with Crippen LogP contribution in [0.15, 0.2) is 17.1 Å². The smallest absolute Gasteiger partial charge is 0.268 e. The van der Waals surface area contributed by atoms with E-state index in [0.29, 0.717) is 6.42 Å². The molecule has 1 saturated heterocycles. The number of nitrogens with one attached hydrogen (secondary N) is 1. The van der Waals surface area contributed by atoms with E-state index >= 15 is 0 Å². The SMILES string of the molecule is N#Cc1cc(NC(=O)C2CC(Cl)C(C#N)S2)cn(CCF)c1=O. The summed E-state index contributed by atoms with van der Waals surface area (Å²) < 4.78 is 13.5. The number of aryl methyl sites for hydroxylation is 1. The van der Waals surface area contributed by atoms with E-state index in [2.05, 4.69) is 5.32 Å². The normalized spacial score (nSPS) is 23.0. The second-order valence-electron chi connectivity index (χ2n) is 4.86. The number of nitriles is 2. The van der Waals surface area contributed by atoms with Crippen LogP contribution in [0.4, 0.5) is 10.1 Å². The standard InChI is InChI=1S/C14H12ClFN4O2S/c15-10-4-11(23-12(10)6-18)13(21)19-9-3-8(5-17)14(22)20(7-9)2-1-16/h3,7,10-12H,1-2,4H2,(H,19,21). The molecule has 1 N–H and O–H groups in total. The van der Waals surface area contributed by atoms with Gasteiger partial charge in [0, 0.05) is 6.20 Å². The van der Waals surface area contributed by atoms with Crippen LogP contribution in [0.25, 0.3) is 0 Å². The molecule has 3 unspecified atom stereocenters. The molecular formula is C14H12ClFN4O2S. The summed E-state index contributed by atoms with van der Waals surface area (Å²) in [5, 5.41) is 19.1. The van der Waals surface area contributed by atoms with E-state index in [1.54, 1.807) is 6.07 Å². The summed E-state index contributed by atoms with van der Waals surface area (Å²) in [5.41, 5.74) is -0.559. The monoisotopic (exact) mass is 354 g/mol. The Hall–Kier alpha value is -2.03. The van der Waals surface area contributed by atoms with Crippen LogP contribution in [0, 0.1) is 22.7 Å². The molecule has 0 bridgehead atoms. The third-order valence-electron chi connectivity index (χ3n) is 3.30. The Morgan fingerprint density at radius 3 is 2.87 bits per heavy atom. The van der Waals surface area contributed by atoms with Gasteiger partial charge in [0.1, 0.15) is 23.6 Å². The van der Waals surface area contributed by atoms with Crippen LogP contribution in [-0.2, 0) is 11.3 Å². The van der Waals surface area contributed by atoms with Crippen LogP contribution in [0.5, 0.6) is 0 Å². The maximum Gasteiger partial charge on any atom is 0.268 e. The number of rotatable bonds is 4. The Balaban J connectivity index is 2.19. The summed E-state index contributed by atoms with van der Waals surface area (Å²) >= 11 is 7.18. The van der Waals surface area contributed by atoms with Gasteiger partial charge in [-0.05, 0) is 12.5 Å². The molecule has 2 heterocycles. The van der Waals surface area contributed by atoms with E-state index in [4.69, 9.17) is 22.1 Å². The van der Waals surface area contributed by atoms with Gasteiger partial charge in [0.2, 0.25) is 5.91 Å². The van der Waals surface area contributed by atoms with Crippen LogP contribution >= 0.6 is 23.4 Å². The number of amides is 1. The maximum absolute atomic E-state index is 12.5. The fourth-order valence-electron chi connectivity index (χ4n) is 2.19. The largest absolute Gasteiger partial charge is 0.324 e. The van der Waals surface area contributed by atoms with Gasteiger partial charge in [-0.2, -0.15) is 10.5 Å². The van der Waals surface area contributed by atoms with Crippen molar-refractivity contribution in [2.24, 2.45) is 0 Å². The molecule has 0 radical (unpaired) electrons. The van der Waals surface area contributed by atoms with Crippen molar-refractivity contribution in [3.8, 4) is 12.1 Å². The number of alkyl halides is 2. The average molecular weight is 355 g/mol. The topological polar surface area (TPSA) is 98.7 Å². The molecule has 2 rings (SSSR count). The first-order valence-electron chi connectivity index (χ1n) is 6.70. The van der Waals surface area contributed by atoms with Gasteiger partial charge >= 0.3 is 0 Å². The highest BCUT2D eigenvalue weighted by atomic mass is 35.5. The first-order valence-corrected chi connectivity index (χ1v) is 8.08. The quantitative estimate of drug-likeness (QED) is 0.828. The van der Waals surface area contributed by atoms with Gasteiger partial charge in [-0.3, -0.25) is 9.59 Å². The molecule has 0 spiro atoms. The van der Waals surface area contributed by atoms with Crippen molar-refractivity contribution in [2.45, 2.75) is 28.8 Å². The van der Waals surface area contributed by atoms with Crippen LogP contribution in [0.1, 0.15) is 12.0 Å². The second-order valence-corrected chi connectivity index (χ2v) is 6.77. The number of carbonyl (C=O) groups excluding carboxylic acids is 1. The lowest BCUT2D eigenvalue weighted by atomic mass is 10.2. The van der Waals surface area contributed by atoms with Crippen LogP contribution in [-0.4, -0.2) is 33.0 Å². The van der Waals surface area contributed by atoms with Crippen molar-refractivity contribution in [1.82, 2.24) is 4.57 Å². The number of hydrogen-bond acceptors (Lipinski definition) is 5. The highest BCUT2D eigenvalue weighted by molar-refractivity contribution is 8.01. The van der Waals surface area contributed by atoms with Gasteiger partial charge < -0.3 is 9.88 Å². The molecule has 9 heteroatoms. The predicted octanol–water partition coefficient (Wildman–Crippen LogP) is 1.63. The molecule has 3 atom stereocenters. The van der Waals surface area contributed by atoms with Crippen molar-refractivity contribution < 1.29 is 9.18 Å². The van der Waals surface area contributed by atoms with Crippen LogP contribution in [0.3, 0.4) is 0 Å². The Morgan fingerprint density at radius 1 is 1.57 bits per heavy atom. The number of anilines is 1. The molecule has 1 amide bonds. The van der Waals surface area contributed by atoms with Crippen molar-refractivity contribution in [3.05, 3.63) is 28.2 Å². The molecule has 1 aromatic heterocycles. The highest BCUT2D eigenvalue weighted by Gasteiger charge is 2.37. The van der Waals surface area contributed by atoms with Gasteiger partial charge in [0.15, 0.2) is 0 Å². The molecule has 6 nitrogen and oxygen atoms in total. The van der Waals surface area contributed by atoms with E-state index in [1.807, 2.05) is 6.07 Å². The third-order valence-corrected chi connectivity index (χ3v) is 5.34. The number of pyridine rings is 1. The van der Waals surface area contributed by atoms with Crippen molar-refractivity contribution in [2.75, 3.05) is 12.0 Å². The van der Waals surface area contributed by atoms with Gasteiger partial charge in [0.05, 0.1) is 28.9 Å². The minimum Gasteiger partial charge on any atom is -0.324 e. The summed E-state index contributed by atoms with van der Waals surface area (Å²) in [5.74, 6) is -0.368. The van der Waals surface area contributed by atoms with E-state index < -0.39 is 28.1 Å². The minimum absolute atomic E-state index is 0.180. The van der Waals surface area contributed by atoms with Gasteiger partial charge in [0.25, 0.3) is 5.56 Å². The molecule has 120 valence electrons. The van der Waals surface area contributed by atoms with Crippen LogP contribution < -0.4 is 10.9 Å². The van der Waals surface area contributed by atoms with Gasteiger partial charge in [-0.25, -0.2) is 4.39 Å². The Kier molecular flexibility index (Phi) is 5.64. The number of thioether (sulfide) groups is 1. The zero-order chi connectivity index (χ0) is 17.0. The Morgan fingerprint density at radius 2 is 2.30 bits per heavy atom. The lowest BCUT2D eigenvalue weighted by molar-refractivity contribution is -0.115. The molecule has 0 aromatic carbocycles. The summed E-state index contributed by atoms with van der Waals surface area (Å²) in [6, 6.07) is 5.00. The molecule has 0 saturated carbocycles. The number of nitrogens with zero attached hydrogens (tertiary/aromatic N) is 3. The van der Waals surface area contributed by atoms with E-state index in [0.717, 1.165) is 4.57 Å². The fraction of sp³-hybridized carbons (Fsp3) is 0.429. The fourth-order valence-corrected chi connectivity index (χ4v) is 3.91. The first kappa shape index (κ1) is 17.3. The van der Waals surface area contributed by atoms with Gasteiger partial charge in [-0.15, -0.1) is 23.4 Å². The molecule has 1 aliphatic heterocycles. The zero-order valence-corrected chi connectivity index (χ0v) is 13.4. The lowest BCUT2D eigenvalue weighted by Crippen LogP contribution is -2.27. The second kappa shape index (κ2) is 7.49. The predicted molar refractivity (Wildman–Crippen MR) is 85.1 cm³/mol. The highest BCUT2D eigenvalue weighted by Crippen LogP contribution is 2.37. The van der Waals surface area contributed by atoms with Crippen molar-refractivity contribution in [1.29, 1.82) is 10.5 Å². The maximum atomic E-state index is 12.5. The molecular weight excluding hydrogens is 343 g/mol. The minimum atomic E-state index is -0.765. The van der Waals surface area contributed by atoms with Crippen molar-refractivity contribution in [3.63, 3.8) is 0 Å². The molecule has 1 aromatic rings. The summed E-state index contributed by atoms with van der Waals surface area (Å²) in [4.78, 5) is 24.0. The van der Waals surface area contributed by atoms with Gasteiger partial charge in [-0.1, -0.05) is 0 Å². The van der Waals surface area contributed by atoms with E-state index in [1.165, 1.54) is 24.0 Å². The van der Waals surface area contributed by atoms with Crippen LogP contribution in [0.2, 0.25) is 0 Å². The number of hydrogen-bond donors (Lipinski definition) is 1. The number of carbonyl (C=O) groups is 1. The third kappa shape index (κ3) is 3.84. The molecule has 1 fully saturated rings. The lowest BCUT2D eigenvalue weighted by Gasteiger charge is -2.12. The zero-order valence-electron chi connectivity index (χ0n) is 11.8. The summed E-state index contributed by atoms with van der Waals surface area (Å²) in [7, 11) is 0. The summed E-state index contributed by atoms with van der Waals surface area (Å²) in [6.07, 6.45) is 1.64. The Bertz CT molecular complexity index is 755. The number of aromatic nitrogens is 1. The molecule has 23 heavy (non-hydrogen) atoms. The Labute approximate surface area is 140 Å². The average Bonchev–Trinajstić information content (AvgIpc) is 2.91. The van der Waals surface area contributed by atoms with E-state index in [-0.39, 0.29) is 23.7 Å². The molecule has 0 aliphatic carbocycles.